The molecule has 0 amide bonds. The van der Waals surface area contributed by atoms with Gasteiger partial charge in [-0.25, -0.2) is 4.57 Å². The Morgan fingerprint density at radius 1 is 0.342 bits per heavy atom. The van der Waals surface area contributed by atoms with Crippen LogP contribution in [-0.4, -0.2) is 74.9 Å². The smallest absolute Gasteiger partial charge is 0.462 e. The van der Waals surface area contributed by atoms with Crippen LogP contribution in [0.2, 0.25) is 0 Å². The number of ether oxygens (including phenoxy) is 2. The second kappa shape index (κ2) is 61.6. The third kappa shape index (κ3) is 66.0. The van der Waals surface area contributed by atoms with Crippen molar-refractivity contribution in [2.45, 2.75) is 386 Å². The molecule has 2 atom stereocenters. The van der Waals surface area contributed by atoms with Gasteiger partial charge in [-0.15, -0.1) is 0 Å². The van der Waals surface area contributed by atoms with Crippen LogP contribution >= 0.6 is 7.82 Å². The van der Waals surface area contributed by atoms with E-state index in [9.17, 15) is 19.0 Å². The van der Waals surface area contributed by atoms with E-state index in [4.69, 9.17) is 18.5 Å². The average molecular weight is 1140 g/mol. The summed E-state index contributed by atoms with van der Waals surface area (Å²) in [6.07, 6.45) is 73.6. The zero-order chi connectivity index (χ0) is 57.7. The van der Waals surface area contributed by atoms with Crippen LogP contribution in [0.1, 0.15) is 380 Å². The summed E-state index contributed by atoms with van der Waals surface area (Å²) < 4.78 is 34.7. The SMILES string of the molecule is CCCCCCCCCCCCCCCCCCCCCCCCCCCCCCCCCCCCC(=O)OC(COC(=O)CCCCCCCCCCCCCCCCCCCCCCC)COP(=O)(O)OCC[N+](C)(C)C. The molecule has 0 aromatic rings. The number of quaternary nitrogens is 1. The topological polar surface area (TPSA) is 108 Å². The van der Waals surface area contributed by atoms with Crippen LogP contribution in [-0.2, 0) is 32.7 Å². The van der Waals surface area contributed by atoms with Crippen molar-refractivity contribution in [2.24, 2.45) is 0 Å². The fourth-order valence-corrected chi connectivity index (χ4v) is 11.7. The van der Waals surface area contributed by atoms with E-state index in [-0.39, 0.29) is 25.6 Å². The predicted octanol–water partition coefficient (Wildman–Crippen LogP) is 22.6. The van der Waals surface area contributed by atoms with E-state index < -0.39 is 26.5 Å². The molecule has 0 radical (unpaired) electrons. The highest BCUT2D eigenvalue weighted by atomic mass is 31.2. The van der Waals surface area contributed by atoms with Crippen molar-refractivity contribution < 1.29 is 42.1 Å². The Hall–Kier alpha value is -0.990. The van der Waals surface area contributed by atoms with Gasteiger partial charge in [0.15, 0.2) is 6.10 Å². The van der Waals surface area contributed by atoms with Crippen LogP contribution in [0.3, 0.4) is 0 Å². The highest BCUT2D eigenvalue weighted by Gasteiger charge is 2.27. The molecular formula is C69H139NO8P+. The summed E-state index contributed by atoms with van der Waals surface area (Å²) in [5.41, 5.74) is 0. The molecule has 0 heterocycles. The summed E-state index contributed by atoms with van der Waals surface area (Å²) in [4.78, 5) is 35.8. The summed E-state index contributed by atoms with van der Waals surface area (Å²) in [5.74, 6) is -0.768. The number of hydrogen-bond acceptors (Lipinski definition) is 7. The summed E-state index contributed by atoms with van der Waals surface area (Å²) in [6, 6.07) is 0. The number of rotatable bonds is 67. The van der Waals surface area contributed by atoms with Gasteiger partial charge in [-0.1, -0.05) is 354 Å². The minimum Gasteiger partial charge on any atom is -0.462 e. The quantitative estimate of drug-likeness (QED) is 0.0278. The van der Waals surface area contributed by atoms with Crippen molar-refractivity contribution in [3.05, 3.63) is 0 Å². The van der Waals surface area contributed by atoms with Crippen molar-refractivity contribution >= 4 is 19.8 Å². The number of esters is 2. The van der Waals surface area contributed by atoms with Crippen LogP contribution < -0.4 is 0 Å². The number of phosphoric acid groups is 1. The third-order valence-electron chi connectivity index (χ3n) is 16.4. The molecule has 0 aromatic carbocycles. The van der Waals surface area contributed by atoms with Crippen LogP contribution in [0, 0.1) is 0 Å². The fourth-order valence-electron chi connectivity index (χ4n) is 11.0. The summed E-state index contributed by atoms with van der Waals surface area (Å²) >= 11 is 0. The van der Waals surface area contributed by atoms with Crippen molar-refractivity contribution in [3.8, 4) is 0 Å². The second-order valence-electron chi connectivity index (χ2n) is 25.6. The lowest BCUT2D eigenvalue weighted by Crippen LogP contribution is -2.37. The molecule has 0 rings (SSSR count). The Labute approximate surface area is 493 Å². The minimum atomic E-state index is -4.38. The lowest BCUT2D eigenvalue weighted by atomic mass is 10.0. The van der Waals surface area contributed by atoms with E-state index in [1.807, 2.05) is 21.1 Å². The first kappa shape index (κ1) is 78.0. The summed E-state index contributed by atoms with van der Waals surface area (Å²) in [7, 11) is 1.51. The zero-order valence-electron chi connectivity index (χ0n) is 53.9. The van der Waals surface area contributed by atoms with Gasteiger partial charge in [0.1, 0.15) is 19.8 Å². The van der Waals surface area contributed by atoms with E-state index >= 15 is 0 Å². The molecule has 0 bridgehead atoms. The van der Waals surface area contributed by atoms with Gasteiger partial charge in [-0.2, -0.15) is 0 Å². The first-order valence-corrected chi connectivity index (χ1v) is 36.8. The Morgan fingerprint density at radius 2 is 0.570 bits per heavy atom. The lowest BCUT2D eigenvalue weighted by Gasteiger charge is -2.24. The number of carbonyl (C=O) groups excluding carboxylic acids is 2. The molecule has 10 heteroatoms. The molecule has 0 aliphatic rings. The van der Waals surface area contributed by atoms with Gasteiger partial charge in [0.2, 0.25) is 0 Å². The van der Waals surface area contributed by atoms with Gasteiger partial charge in [-0.3, -0.25) is 18.6 Å². The molecule has 0 saturated heterocycles. The maximum Gasteiger partial charge on any atom is 0.472 e. The van der Waals surface area contributed by atoms with Crippen molar-refractivity contribution in [2.75, 3.05) is 47.5 Å². The highest BCUT2D eigenvalue weighted by molar-refractivity contribution is 7.47. The molecule has 0 saturated carbocycles. The number of unbranched alkanes of at least 4 members (excludes halogenated alkanes) is 53. The molecule has 0 aliphatic carbocycles. The first-order chi connectivity index (χ1) is 38.5. The van der Waals surface area contributed by atoms with Crippen molar-refractivity contribution in [1.29, 1.82) is 0 Å². The average Bonchev–Trinajstić information content (AvgIpc) is 3.41. The minimum absolute atomic E-state index is 0.0377. The Balaban J connectivity index is 3.93. The van der Waals surface area contributed by atoms with E-state index in [0.717, 1.165) is 38.5 Å². The monoisotopic (exact) mass is 1140 g/mol. The molecule has 0 spiro atoms. The maximum atomic E-state index is 12.9. The Kier molecular flexibility index (Phi) is 60.8. The van der Waals surface area contributed by atoms with Crippen molar-refractivity contribution in [3.63, 3.8) is 0 Å². The number of hydrogen-bond donors (Lipinski definition) is 1. The number of carbonyl (C=O) groups is 2. The van der Waals surface area contributed by atoms with Crippen LogP contribution in [0.4, 0.5) is 0 Å². The highest BCUT2D eigenvalue weighted by Crippen LogP contribution is 2.43. The molecule has 1 N–H and O–H groups in total. The third-order valence-corrected chi connectivity index (χ3v) is 17.4. The Bertz CT molecular complexity index is 1290. The molecule has 79 heavy (non-hydrogen) atoms. The van der Waals surface area contributed by atoms with Gasteiger partial charge in [-0.05, 0) is 12.8 Å². The zero-order valence-corrected chi connectivity index (χ0v) is 54.8. The molecule has 0 aromatic heterocycles. The molecule has 0 aliphatic heterocycles. The van der Waals surface area contributed by atoms with E-state index in [1.165, 1.54) is 315 Å². The van der Waals surface area contributed by atoms with Crippen molar-refractivity contribution in [1.82, 2.24) is 0 Å². The standard InChI is InChI=1S/C69H138NO8P/c1-6-8-10-12-14-16-18-20-22-24-26-28-29-30-31-32-33-34-35-36-37-38-39-40-42-44-46-48-50-52-54-56-58-60-62-69(72)78-67(66-77-79(73,74)76-64-63-70(3,4)5)65-75-68(71)61-59-57-55-53-51-49-47-45-43-41-27-25-23-21-19-17-15-13-11-9-7-2/h67H,6-66H2,1-5H3/p+1. The predicted molar refractivity (Wildman–Crippen MR) is 340 cm³/mol. The number of likely N-dealkylation sites (N-methyl/N-ethyl adjacent to an activating group) is 1. The van der Waals surface area contributed by atoms with Gasteiger partial charge in [0.05, 0.1) is 27.7 Å². The van der Waals surface area contributed by atoms with Gasteiger partial charge in [0.25, 0.3) is 0 Å². The summed E-state index contributed by atoms with van der Waals surface area (Å²) in [6.45, 7) is 4.53. The normalized spacial score (nSPS) is 13.0. The summed E-state index contributed by atoms with van der Waals surface area (Å²) in [5, 5.41) is 0. The van der Waals surface area contributed by atoms with Gasteiger partial charge in [0, 0.05) is 12.8 Å². The van der Waals surface area contributed by atoms with Crippen LogP contribution in [0.15, 0.2) is 0 Å². The second-order valence-corrected chi connectivity index (χ2v) is 27.1. The van der Waals surface area contributed by atoms with E-state index in [0.29, 0.717) is 17.4 Å². The lowest BCUT2D eigenvalue weighted by molar-refractivity contribution is -0.870. The number of phosphoric ester groups is 1. The number of nitrogens with zero attached hydrogens (tertiary/aromatic N) is 1. The fraction of sp³-hybridized carbons (Fsp3) is 0.971. The van der Waals surface area contributed by atoms with Crippen LogP contribution in [0.25, 0.3) is 0 Å². The molecule has 2 unspecified atom stereocenters. The van der Waals surface area contributed by atoms with Gasteiger partial charge < -0.3 is 18.9 Å². The van der Waals surface area contributed by atoms with E-state index in [1.54, 1.807) is 0 Å². The molecular weight excluding hydrogens is 1000 g/mol. The first-order valence-electron chi connectivity index (χ1n) is 35.3. The van der Waals surface area contributed by atoms with E-state index in [2.05, 4.69) is 13.8 Å². The largest absolute Gasteiger partial charge is 0.472 e. The molecule has 472 valence electrons. The van der Waals surface area contributed by atoms with Gasteiger partial charge >= 0.3 is 19.8 Å². The molecule has 0 fully saturated rings. The maximum absolute atomic E-state index is 12.9. The van der Waals surface area contributed by atoms with Crippen LogP contribution in [0.5, 0.6) is 0 Å². The Morgan fingerprint density at radius 3 is 0.810 bits per heavy atom. The molecule has 9 nitrogen and oxygen atoms in total.